The molecule has 0 atom stereocenters. The number of ether oxygens (including phenoxy) is 1. The third kappa shape index (κ3) is 9.02. The summed E-state index contributed by atoms with van der Waals surface area (Å²) in [6.45, 7) is 8.05. The Bertz CT molecular complexity index is 668. The lowest BCUT2D eigenvalue weighted by atomic mass is 10.1. The molecule has 0 fully saturated rings. The van der Waals surface area contributed by atoms with Gasteiger partial charge in [-0.15, -0.1) is 0 Å². The number of hydrogen-bond donors (Lipinski definition) is 1. The molecule has 1 aromatic carbocycles. The molecule has 1 aromatic rings. The van der Waals surface area contributed by atoms with Gasteiger partial charge < -0.3 is 4.74 Å². The number of rotatable bonds is 8. The highest BCUT2D eigenvalue weighted by Crippen LogP contribution is 2.32. The Morgan fingerprint density at radius 2 is 2.00 bits per heavy atom. The summed E-state index contributed by atoms with van der Waals surface area (Å²) < 4.78 is 7.31. The fraction of sp³-hybridized carbons (Fsp3) is 0.368. The Hall–Kier alpha value is -1.40. The van der Waals surface area contributed by atoms with Crippen LogP contribution in [-0.2, 0) is 4.79 Å². The Labute approximate surface area is 166 Å². The van der Waals surface area contributed by atoms with Crippen molar-refractivity contribution in [1.82, 2.24) is 5.43 Å². The predicted molar refractivity (Wildman–Crippen MR) is 111 cm³/mol. The van der Waals surface area contributed by atoms with Gasteiger partial charge in [-0.25, -0.2) is 5.43 Å². The number of hydrogen-bond acceptors (Lipinski definition) is 3. The quantitative estimate of drug-likeness (QED) is 0.300. The lowest BCUT2D eigenvalue weighted by Crippen LogP contribution is -2.24. The van der Waals surface area contributed by atoms with Gasteiger partial charge in [-0.3, -0.25) is 4.79 Å². The standard InChI is InChI=1S/C19H24Br2N2O2/c1-13(2)6-5-7-14(3)8-9-22-23-18(24)12-25-19-15(4)10-16(20)11-17(19)21/h6,8-11H,5,7,12H2,1-4H3,(H,23,24). The summed E-state index contributed by atoms with van der Waals surface area (Å²) in [5.41, 5.74) is 5.92. The predicted octanol–water partition coefficient (Wildman–Crippen LogP) is 5.69. The molecule has 6 heteroatoms. The minimum atomic E-state index is -0.305. The number of allylic oxidation sites excluding steroid dienone is 4. The summed E-state index contributed by atoms with van der Waals surface area (Å²) in [4.78, 5) is 11.8. The first-order chi connectivity index (χ1) is 11.8. The van der Waals surface area contributed by atoms with Crippen molar-refractivity contribution in [3.8, 4) is 5.75 Å². The van der Waals surface area contributed by atoms with Crippen LogP contribution in [0.25, 0.3) is 0 Å². The second-order valence-corrected chi connectivity index (χ2v) is 7.74. The lowest BCUT2D eigenvalue weighted by molar-refractivity contribution is -0.123. The normalized spacial score (nSPS) is 11.5. The SMILES string of the molecule is CC(C)=CCCC(C)=CC=NNC(=O)COc1c(C)cc(Br)cc1Br. The van der Waals surface area contributed by atoms with Crippen LogP contribution in [-0.4, -0.2) is 18.7 Å². The maximum absolute atomic E-state index is 11.8. The molecule has 0 unspecified atom stereocenters. The second kappa shape index (κ2) is 11.3. The summed E-state index contributed by atoms with van der Waals surface area (Å²) in [5, 5.41) is 3.91. The van der Waals surface area contributed by atoms with Crippen LogP contribution < -0.4 is 10.2 Å². The zero-order chi connectivity index (χ0) is 18.8. The summed E-state index contributed by atoms with van der Waals surface area (Å²) in [7, 11) is 0. The molecule has 0 saturated heterocycles. The van der Waals surface area contributed by atoms with E-state index in [1.54, 1.807) is 6.21 Å². The highest BCUT2D eigenvalue weighted by atomic mass is 79.9. The molecule has 0 heterocycles. The average molecular weight is 472 g/mol. The number of hydrazone groups is 1. The van der Waals surface area contributed by atoms with Gasteiger partial charge in [-0.1, -0.05) is 33.2 Å². The molecule has 1 N–H and O–H groups in total. The molecule has 0 aliphatic heterocycles. The van der Waals surface area contributed by atoms with Crippen molar-refractivity contribution in [2.45, 2.75) is 40.5 Å². The van der Waals surface area contributed by atoms with Crippen molar-refractivity contribution in [2.24, 2.45) is 5.10 Å². The number of benzene rings is 1. The Morgan fingerprint density at radius 3 is 2.64 bits per heavy atom. The Kier molecular flexibility index (Phi) is 9.75. The van der Waals surface area contributed by atoms with Crippen LogP contribution in [0.4, 0.5) is 0 Å². The number of halogens is 2. The van der Waals surface area contributed by atoms with Crippen LogP contribution in [0.15, 0.2) is 49.5 Å². The minimum absolute atomic E-state index is 0.0956. The second-order valence-electron chi connectivity index (χ2n) is 5.97. The number of carbonyl (C=O) groups excluding carboxylic acids is 1. The van der Waals surface area contributed by atoms with Crippen molar-refractivity contribution in [3.05, 3.63) is 49.9 Å². The van der Waals surface area contributed by atoms with E-state index in [0.717, 1.165) is 27.4 Å². The molecule has 1 rings (SSSR count). The highest BCUT2D eigenvalue weighted by molar-refractivity contribution is 9.11. The molecule has 25 heavy (non-hydrogen) atoms. The fourth-order valence-corrected chi connectivity index (χ4v) is 3.54. The first kappa shape index (κ1) is 21.6. The zero-order valence-electron chi connectivity index (χ0n) is 15.0. The lowest BCUT2D eigenvalue weighted by Gasteiger charge is -2.10. The third-order valence-corrected chi connectivity index (χ3v) is 4.30. The van der Waals surface area contributed by atoms with Crippen molar-refractivity contribution >= 4 is 44.0 Å². The van der Waals surface area contributed by atoms with E-state index >= 15 is 0 Å². The fourth-order valence-electron chi connectivity index (χ4n) is 1.99. The molecule has 0 spiro atoms. The molecular weight excluding hydrogens is 448 g/mol. The summed E-state index contributed by atoms with van der Waals surface area (Å²) in [6, 6.07) is 3.81. The molecule has 0 radical (unpaired) electrons. The first-order valence-corrected chi connectivity index (χ1v) is 9.57. The smallest absolute Gasteiger partial charge is 0.277 e. The first-order valence-electron chi connectivity index (χ1n) is 7.99. The van der Waals surface area contributed by atoms with Crippen molar-refractivity contribution in [2.75, 3.05) is 6.61 Å². The molecule has 0 aliphatic rings. The van der Waals surface area contributed by atoms with Crippen molar-refractivity contribution < 1.29 is 9.53 Å². The van der Waals surface area contributed by atoms with Crippen LogP contribution in [0.1, 0.15) is 39.2 Å². The van der Waals surface area contributed by atoms with Crippen LogP contribution in [0, 0.1) is 6.92 Å². The molecule has 0 aromatic heterocycles. The van der Waals surface area contributed by atoms with Crippen LogP contribution in [0.5, 0.6) is 5.75 Å². The van der Waals surface area contributed by atoms with Gasteiger partial charge in [0.25, 0.3) is 5.91 Å². The van der Waals surface area contributed by atoms with E-state index < -0.39 is 0 Å². The van der Waals surface area contributed by atoms with Gasteiger partial charge in [-0.2, -0.15) is 5.10 Å². The topological polar surface area (TPSA) is 50.7 Å². The number of nitrogens with zero attached hydrogens (tertiary/aromatic N) is 1. The maximum atomic E-state index is 11.8. The minimum Gasteiger partial charge on any atom is -0.482 e. The van der Waals surface area contributed by atoms with E-state index in [9.17, 15) is 4.79 Å². The number of carbonyl (C=O) groups is 1. The van der Waals surface area contributed by atoms with E-state index in [2.05, 4.69) is 62.3 Å². The monoisotopic (exact) mass is 470 g/mol. The molecule has 0 saturated carbocycles. The zero-order valence-corrected chi connectivity index (χ0v) is 18.2. The maximum Gasteiger partial charge on any atom is 0.277 e. The molecule has 4 nitrogen and oxygen atoms in total. The van der Waals surface area contributed by atoms with Gasteiger partial charge in [0.2, 0.25) is 0 Å². The van der Waals surface area contributed by atoms with Gasteiger partial charge in [-0.05, 0) is 80.2 Å². The molecule has 136 valence electrons. The van der Waals surface area contributed by atoms with Crippen molar-refractivity contribution in [3.63, 3.8) is 0 Å². The summed E-state index contributed by atoms with van der Waals surface area (Å²) >= 11 is 6.84. The van der Waals surface area contributed by atoms with Gasteiger partial charge in [0.15, 0.2) is 6.61 Å². The number of amides is 1. The molecule has 0 aliphatic carbocycles. The van der Waals surface area contributed by atoms with Crippen LogP contribution in [0.2, 0.25) is 0 Å². The van der Waals surface area contributed by atoms with Gasteiger partial charge in [0.1, 0.15) is 5.75 Å². The summed E-state index contributed by atoms with van der Waals surface area (Å²) in [5.74, 6) is 0.346. The van der Waals surface area contributed by atoms with Gasteiger partial charge in [0, 0.05) is 10.7 Å². The third-order valence-electron chi connectivity index (χ3n) is 3.26. The van der Waals surface area contributed by atoms with E-state index in [0.29, 0.717) is 5.75 Å². The molecule has 1 amide bonds. The van der Waals surface area contributed by atoms with Crippen LogP contribution >= 0.6 is 31.9 Å². The largest absolute Gasteiger partial charge is 0.482 e. The van der Waals surface area contributed by atoms with Crippen molar-refractivity contribution in [1.29, 1.82) is 0 Å². The van der Waals surface area contributed by atoms with Gasteiger partial charge >= 0.3 is 0 Å². The van der Waals surface area contributed by atoms with E-state index in [-0.39, 0.29) is 12.5 Å². The number of nitrogens with one attached hydrogen (secondary N) is 1. The van der Waals surface area contributed by atoms with E-state index in [1.165, 1.54) is 11.1 Å². The summed E-state index contributed by atoms with van der Waals surface area (Å²) in [6.07, 6.45) is 7.69. The Morgan fingerprint density at radius 1 is 1.28 bits per heavy atom. The average Bonchev–Trinajstić information content (AvgIpc) is 2.50. The highest BCUT2D eigenvalue weighted by Gasteiger charge is 2.09. The molecule has 0 bridgehead atoms. The van der Waals surface area contributed by atoms with E-state index in [1.807, 2.05) is 32.1 Å². The number of aryl methyl sites for hydroxylation is 1. The van der Waals surface area contributed by atoms with Crippen LogP contribution in [0.3, 0.4) is 0 Å². The molecular formula is C19H24Br2N2O2. The Balaban J connectivity index is 2.41. The van der Waals surface area contributed by atoms with E-state index in [4.69, 9.17) is 4.74 Å². The van der Waals surface area contributed by atoms with Gasteiger partial charge in [0.05, 0.1) is 4.47 Å².